The van der Waals surface area contributed by atoms with E-state index in [1.807, 2.05) is 17.0 Å². The van der Waals surface area contributed by atoms with Gasteiger partial charge < -0.3 is 14.1 Å². The lowest BCUT2D eigenvalue weighted by Crippen LogP contribution is -2.39. The van der Waals surface area contributed by atoms with Crippen LogP contribution in [0.25, 0.3) is 0 Å². The molecule has 4 nitrogen and oxygen atoms in total. The number of ether oxygens (including phenoxy) is 1. The zero-order valence-electron chi connectivity index (χ0n) is 13.3. The van der Waals surface area contributed by atoms with Gasteiger partial charge in [-0.2, -0.15) is 0 Å². The van der Waals surface area contributed by atoms with Crippen molar-refractivity contribution in [3.63, 3.8) is 0 Å². The number of carbonyl (C=O) groups excluding carboxylic acids is 1. The van der Waals surface area contributed by atoms with Crippen LogP contribution in [0.15, 0.2) is 53.3 Å². The molecule has 122 valence electrons. The molecule has 1 aromatic carbocycles. The van der Waals surface area contributed by atoms with Gasteiger partial charge in [-0.3, -0.25) is 4.79 Å². The second-order valence-electron chi connectivity index (χ2n) is 5.98. The third-order valence-corrected chi connectivity index (χ3v) is 4.21. The molecule has 23 heavy (non-hydrogen) atoms. The van der Waals surface area contributed by atoms with Crippen LogP contribution >= 0.6 is 0 Å². The van der Waals surface area contributed by atoms with Crippen LogP contribution in [-0.2, 0) is 22.5 Å². The molecular formula is C19H23NO3. The van der Waals surface area contributed by atoms with Crippen molar-refractivity contribution in [1.29, 1.82) is 0 Å². The Bertz CT molecular complexity index is 588. The molecule has 0 aliphatic carbocycles. The van der Waals surface area contributed by atoms with Crippen LogP contribution in [-0.4, -0.2) is 30.1 Å². The zero-order valence-corrected chi connectivity index (χ0v) is 13.3. The minimum Gasteiger partial charge on any atom is -0.472 e. The molecule has 1 fully saturated rings. The Morgan fingerprint density at radius 1 is 1.17 bits per heavy atom. The van der Waals surface area contributed by atoms with Crippen LogP contribution in [0.3, 0.4) is 0 Å². The summed E-state index contributed by atoms with van der Waals surface area (Å²) in [5.41, 5.74) is 2.33. The molecule has 1 aliphatic heterocycles. The first-order valence-electron chi connectivity index (χ1n) is 8.28. The largest absolute Gasteiger partial charge is 0.472 e. The van der Waals surface area contributed by atoms with Gasteiger partial charge in [-0.1, -0.05) is 30.3 Å². The van der Waals surface area contributed by atoms with Gasteiger partial charge in [0.1, 0.15) is 6.10 Å². The third kappa shape index (κ3) is 4.45. The molecule has 1 atom stereocenters. The van der Waals surface area contributed by atoms with E-state index in [0.29, 0.717) is 13.2 Å². The van der Waals surface area contributed by atoms with E-state index in [9.17, 15) is 4.79 Å². The van der Waals surface area contributed by atoms with Gasteiger partial charge in [-0.05, 0) is 37.3 Å². The topological polar surface area (TPSA) is 42.7 Å². The van der Waals surface area contributed by atoms with Gasteiger partial charge in [0.05, 0.1) is 12.5 Å². The lowest BCUT2D eigenvalue weighted by Gasteiger charge is -2.25. The van der Waals surface area contributed by atoms with Gasteiger partial charge in [-0.25, -0.2) is 0 Å². The lowest BCUT2D eigenvalue weighted by molar-refractivity contribution is -0.141. The van der Waals surface area contributed by atoms with Crippen molar-refractivity contribution in [2.75, 3.05) is 13.2 Å². The first-order chi connectivity index (χ1) is 11.3. The van der Waals surface area contributed by atoms with E-state index in [-0.39, 0.29) is 12.0 Å². The van der Waals surface area contributed by atoms with Crippen LogP contribution in [0.4, 0.5) is 0 Å². The van der Waals surface area contributed by atoms with Crippen LogP contribution < -0.4 is 0 Å². The second-order valence-corrected chi connectivity index (χ2v) is 5.98. The summed E-state index contributed by atoms with van der Waals surface area (Å²) >= 11 is 0. The maximum absolute atomic E-state index is 12.7. The van der Waals surface area contributed by atoms with Gasteiger partial charge in [0.2, 0.25) is 0 Å². The second kappa shape index (κ2) is 7.97. The normalized spacial score (nSPS) is 17.3. The molecule has 4 heteroatoms. The molecular weight excluding hydrogens is 290 g/mol. The Kier molecular flexibility index (Phi) is 5.48. The summed E-state index contributed by atoms with van der Waals surface area (Å²) in [6.45, 7) is 2.02. The van der Waals surface area contributed by atoms with E-state index >= 15 is 0 Å². The number of benzene rings is 1. The number of hydrogen-bond acceptors (Lipinski definition) is 3. The predicted molar refractivity (Wildman–Crippen MR) is 87.9 cm³/mol. The summed E-state index contributed by atoms with van der Waals surface area (Å²) in [5.74, 6) is 0.108. The standard InChI is InChI=1S/C19H23NO3/c21-19(18-9-5-12-23-18)20(14-17-10-13-22-15-17)11-4-8-16-6-2-1-3-7-16/h1-3,6-7,10,13,15,18H,4-5,8-9,11-12,14H2/t18-/m0/s1. The highest BCUT2D eigenvalue weighted by Crippen LogP contribution is 2.17. The van der Waals surface area contributed by atoms with Gasteiger partial charge in [0, 0.05) is 25.3 Å². The van der Waals surface area contributed by atoms with Crippen LogP contribution in [0.2, 0.25) is 0 Å². The van der Waals surface area contributed by atoms with Crippen molar-refractivity contribution < 1.29 is 13.9 Å². The Hall–Kier alpha value is -2.07. The fourth-order valence-corrected chi connectivity index (χ4v) is 2.96. The molecule has 0 unspecified atom stereocenters. The van der Waals surface area contributed by atoms with Gasteiger partial charge in [0.15, 0.2) is 0 Å². The van der Waals surface area contributed by atoms with Crippen molar-refractivity contribution in [3.8, 4) is 0 Å². The monoisotopic (exact) mass is 313 g/mol. The average Bonchev–Trinajstić information content (AvgIpc) is 3.28. The number of rotatable bonds is 7. The molecule has 0 spiro atoms. The fourth-order valence-electron chi connectivity index (χ4n) is 2.96. The van der Waals surface area contributed by atoms with Crippen molar-refractivity contribution in [1.82, 2.24) is 4.90 Å². The predicted octanol–water partition coefficient (Wildman–Crippen LogP) is 3.42. The number of carbonyl (C=O) groups is 1. The van der Waals surface area contributed by atoms with Crippen LogP contribution in [0, 0.1) is 0 Å². The van der Waals surface area contributed by atoms with Gasteiger partial charge in [0.25, 0.3) is 5.91 Å². The Labute approximate surface area is 137 Å². The molecule has 0 radical (unpaired) electrons. The maximum atomic E-state index is 12.7. The summed E-state index contributed by atoms with van der Waals surface area (Å²) in [4.78, 5) is 14.6. The summed E-state index contributed by atoms with van der Waals surface area (Å²) in [5, 5.41) is 0. The van der Waals surface area contributed by atoms with Crippen LogP contribution in [0.5, 0.6) is 0 Å². The number of nitrogens with zero attached hydrogens (tertiary/aromatic N) is 1. The lowest BCUT2D eigenvalue weighted by atomic mass is 10.1. The highest BCUT2D eigenvalue weighted by molar-refractivity contribution is 5.81. The minimum absolute atomic E-state index is 0.108. The number of hydrogen-bond donors (Lipinski definition) is 0. The molecule has 1 aromatic heterocycles. The first-order valence-corrected chi connectivity index (χ1v) is 8.28. The highest BCUT2D eigenvalue weighted by Gasteiger charge is 2.28. The Balaban J connectivity index is 1.58. The van der Waals surface area contributed by atoms with E-state index in [1.165, 1.54) is 5.56 Å². The van der Waals surface area contributed by atoms with E-state index in [4.69, 9.17) is 9.15 Å². The Morgan fingerprint density at radius 2 is 2.04 bits per heavy atom. The van der Waals surface area contributed by atoms with E-state index in [0.717, 1.165) is 37.8 Å². The molecule has 0 saturated carbocycles. The molecule has 1 amide bonds. The fraction of sp³-hybridized carbons (Fsp3) is 0.421. The smallest absolute Gasteiger partial charge is 0.252 e. The molecule has 0 N–H and O–H groups in total. The van der Waals surface area contributed by atoms with Crippen LogP contribution in [0.1, 0.15) is 30.4 Å². The van der Waals surface area contributed by atoms with Gasteiger partial charge in [-0.15, -0.1) is 0 Å². The van der Waals surface area contributed by atoms with Crippen molar-refractivity contribution in [2.45, 2.75) is 38.3 Å². The van der Waals surface area contributed by atoms with Crippen molar-refractivity contribution in [3.05, 3.63) is 60.1 Å². The summed E-state index contributed by atoms with van der Waals surface area (Å²) in [6.07, 6.45) is 6.81. The molecule has 1 aliphatic rings. The first kappa shape index (κ1) is 15.8. The Morgan fingerprint density at radius 3 is 2.74 bits per heavy atom. The summed E-state index contributed by atoms with van der Waals surface area (Å²) in [7, 11) is 0. The molecule has 2 aromatic rings. The number of amides is 1. The summed E-state index contributed by atoms with van der Waals surface area (Å²) < 4.78 is 10.7. The molecule has 1 saturated heterocycles. The average molecular weight is 313 g/mol. The highest BCUT2D eigenvalue weighted by atomic mass is 16.5. The minimum atomic E-state index is -0.265. The van der Waals surface area contributed by atoms with Gasteiger partial charge >= 0.3 is 0 Å². The van der Waals surface area contributed by atoms with E-state index in [2.05, 4.69) is 24.3 Å². The third-order valence-electron chi connectivity index (χ3n) is 4.21. The number of furan rings is 1. The molecule has 2 heterocycles. The van der Waals surface area contributed by atoms with Crippen molar-refractivity contribution >= 4 is 5.91 Å². The number of aryl methyl sites for hydroxylation is 1. The zero-order chi connectivity index (χ0) is 15.9. The SMILES string of the molecule is O=C([C@@H]1CCCO1)N(CCCc1ccccc1)Cc1ccoc1. The van der Waals surface area contributed by atoms with E-state index in [1.54, 1.807) is 12.5 Å². The maximum Gasteiger partial charge on any atom is 0.252 e. The molecule has 0 bridgehead atoms. The van der Waals surface area contributed by atoms with E-state index < -0.39 is 0 Å². The van der Waals surface area contributed by atoms with Crippen molar-refractivity contribution in [2.24, 2.45) is 0 Å². The summed E-state index contributed by atoms with van der Waals surface area (Å²) in [6, 6.07) is 12.3. The quantitative estimate of drug-likeness (QED) is 0.786. The molecule has 3 rings (SSSR count).